The van der Waals surface area contributed by atoms with Crippen molar-refractivity contribution >= 4 is 11.3 Å². The van der Waals surface area contributed by atoms with Gasteiger partial charge in [-0.2, -0.15) is 11.3 Å². The van der Waals surface area contributed by atoms with Crippen LogP contribution in [0.2, 0.25) is 0 Å². The van der Waals surface area contributed by atoms with Gasteiger partial charge in [0.15, 0.2) is 0 Å². The van der Waals surface area contributed by atoms with Crippen molar-refractivity contribution in [3.05, 3.63) is 22.4 Å². The van der Waals surface area contributed by atoms with E-state index in [0.29, 0.717) is 12.6 Å². The molecule has 1 aromatic rings. The molecule has 2 aliphatic rings. The molecule has 0 radical (unpaired) electrons. The molecule has 0 aromatic carbocycles. The number of hydrogen-bond donors (Lipinski definition) is 2. The van der Waals surface area contributed by atoms with Crippen molar-refractivity contribution in [3.63, 3.8) is 0 Å². The van der Waals surface area contributed by atoms with E-state index in [-0.39, 0.29) is 6.10 Å². The first-order valence-electron chi connectivity index (χ1n) is 8.90. The zero-order valence-electron chi connectivity index (χ0n) is 13.7. The summed E-state index contributed by atoms with van der Waals surface area (Å²) in [6, 6.07) is 3.43. The van der Waals surface area contributed by atoms with Crippen LogP contribution in [0, 0.1) is 5.92 Å². The molecule has 22 heavy (non-hydrogen) atoms. The summed E-state index contributed by atoms with van der Waals surface area (Å²) >= 11 is 1.65. The SMILES string of the molecule is CC1CCCC(N2CCC(NCC(O)c3ccsc3)CC2)C1. The van der Waals surface area contributed by atoms with Gasteiger partial charge in [-0.05, 0) is 67.1 Å². The summed E-state index contributed by atoms with van der Waals surface area (Å²) in [5.74, 6) is 0.912. The molecule has 1 aromatic heterocycles. The minimum absolute atomic E-state index is 0.358. The Morgan fingerprint density at radius 1 is 1.32 bits per heavy atom. The highest BCUT2D eigenvalue weighted by atomic mass is 32.1. The Hall–Kier alpha value is -0.420. The first kappa shape index (κ1) is 16.4. The average Bonchev–Trinajstić information content (AvgIpc) is 3.08. The van der Waals surface area contributed by atoms with E-state index in [9.17, 15) is 5.11 Å². The Morgan fingerprint density at radius 3 is 2.82 bits per heavy atom. The highest BCUT2D eigenvalue weighted by Crippen LogP contribution is 2.29. The monoisotopic (exact) mass is 322 g/mol. The van der Waals surface area contributed by atoms with Crippen molar-refractivity contribution in [2.24, 2.45) is 5.92 Å². The number of likely N-dealkylation sites (tertiary alicyclic amines) is 1. The van der Waals surface area contributed by atoms with Gasteiger partial charge in [-0.15, -0.1) is 0 Å². The predicted molar refractivity (Wildman–Crippen MR) is 93.3 cm³/mol. The van der Waals surface area contributed by atoms with Gasteiger partial charge in [0.1, 0.15) is 0 Å². The lowest BCUT2D eigenvalue weighted by atomic mass is 9.85. The Labute approximate surface area is 138 Å². The summed E-state index contributed by atoms with van der Waals surface area (Å²) in [6.07, 6.45) is 7.73. The van der Waals surface area contributed by atoms with Gasteiger partial charge in [-0.1, -0.05) is 19.8 Å². The average molecular weight is 323 g/mol. The molecule has 124 valence electrons. The molecule has 2 N–H and O–H groups in total. The molecular weight excluding hydrogens is 292 g/mol. The van der Waals surface area contributed by atoms with Crippen LogP contribution < -0.4 is 5.32 Å². The number of hydrogen-bond acceptors (Lipinski definition) is 4. The molecule has 3 unspecified atom stereocenters. The normalized spacial score (nSPS) is 29.5. The van der Waals surface area contributed by atoms with Gasteiger partial charge in [0.05, 0.1) is 6.10 Å². The third-order valence-corrected chi connectivity index (χ3v) is 6.18. The second kappa shape index (κ2) is 7.91. The lowest BCUT2D eigenvalue weighted by Crippen LogP contribution is -2.48. The number of nitrogens with zero attached hydrogens (tertiary/aromatic N) is 1. The van der Waals surface area contributed by atoms with Crippen molar-refractivity contribution < 1.29 is 5.11 Å². The third-order valence-electron chi connectivity index (χ3n) is 5.48. The summed E-state index contributed by atoms with van der Waals surface area (Å²) in [5, 5.41) is 17.8. The van der Waals surface area contributed by atoms with Crippen LogP contribution in [0.1, 0.15) is 57.1 Å². The highest BCUT2D eigenvalue weighted by molar-refractivity contribution is 7.07. The molecule has 1 aliphatic heterocycles. The first-order chi connectivity index (χ1) is 10.7. The second-order valence-electron chi connectivity index (χ2n) is 7.22. The smallest absolute Gasteiger partial charge is 0.0922 e. The van der Waals surface area contributed by atoms with Crippen LogP contribution in [0.25, 0.3) is 0 Å². The summed E-state index contributed by atoms with van der Waals surface area (Å²) < 4.78 is 0. The topological polar surface area (TPSA) is 35.5 Å². The minimum Gasteiger partial charge on any atom is -0.387 e. The van der Waals surface area contributed by atoms with Gasteiger partial charge in [0.25, 0.3) is 0 Å². The van der Waals surface area contributed by atoms with Crippen LogP contribution in [-0.4, -0.2) is 41.7 Å². The fourth-order valence-electron chi connectivity index (χ4n) is 4.06. The maximum absolute atomic E-state index is 10.2. The minimum atomic E-state index is -0.358. The molecule has 1 aliphatic carbocycles. The number of aliphatic hydroxyl groups excluding tert-OH is 1. The molecule has 3 rings (SSSR count). The quantitative estimate of drug-likeness (QED) is 0.872. The van der Waals surface area contributed by atoms with Gasteiger partial charge in [0.2, 0.25) is 0 Å². The van der Waals surface area contributed by atoms with Gasteiger partial charge in [-0.3, -0.25) is 0 Å². The maximum Gasteiger partial charge on any atom is 0.0922 e. The van der Waals surface area contributed by atoms with Gasteiger partial charge < -0.3 is 15.3 Å². The first-order valence-corrected chi connectivity index (χ1v) is 9.84. The fourth-order valence-corrected chi connectivity index (χ4v) is 4.77. The number of rotatable bonds is 5. The van der Waals surface area contributed by atoms with Crippen LogP contribution in [0.3, 0.4) is 0 Å². The van der Waals surface area contributed by atoms with Gasteiger partial charge in [0, 0.05) is 18.6 Å². The van der Waals surface area contributed by atoms with E-state index in [2.05, 4.69) is 17.1 Å². The standard InChI is InChI=1S/C18H30N2OS/c1-14-3-2-4-17(11-14)20-8-5-16(6-9-20)19-12-18(21)15-7-10-22-13-15/h7,10,13-14,16-19,21H,2-6,8-9,11-12H2,1H3. The molecule has 0 bridgehead atoms. The summed E-state index contributed by atoms with van der Waals surface area (Å²) in [4.78, 5) is 2.73. The molecular formula is C18H30N2OS. The van der Waals surface area contributed by atoms with Crippen molar-refractivity contribution in [2.45, 2.75) is 63.6 Å². The Kier molecular flexibility index (Phi) is 5.91. The molecule has 0 spiro atoms. The Morgan fingerprint density at radius 2 is 2.14 bits per heavy atom. The van der Waals surface area contributed by atoms with Crippen molar-refractivity contribution in [1.82, 2.24) is 10.2 Å². The Bertz CT molecular complexity index is 428. The van der Waals surface area contributed by atoms with Crippen LogP contribution in [0.4, 0.5) is 0 Å². The molecule has 2 heterocycles. The number of thiophene rings is 1. The second-order valence-corrected chi connectivity index (χ2v) is 8.00. The third kappa shape index (κ3) is 4.31. The summed E-state index contributed by atoms with van der Waals surface area (Å²) in [6.45, 7) is 5.54. The zero-order chi connectivity index (χ0) is 15.4. The molecule has 3 atom stereocenters. The van der Waals surface area contributed by atoms with Crippen molar-refractivity contribution in [1.29, 1.82) is 0 Å². The van der Waals surface area contributed by atoms with E-state index >= 15 is 0 Å². The van der Waals surface area contributed by atoms with Crippen LogP contribution in [0.5, 0.6) is 0 Å². The predicted octanol–water partition coefficient (Wildman–Crippen LogP) is 3.41. The van der Waals surface area contributed by atoms with Crippen LogP contribution in [0.15, 0.2) is 16.8 Å². The molecule has 4 heteroatoms. The summed E-state index contributed by atoms with van der Waals surface area (Å²) in [7, 11) is 0. The van der Waals surface area contributed by atoms with E-state index in [4.69, 9.17) is 0 Å². The number of piperidine rings is 1. The highest BCUT2D eigenvalue weighted by Gasteiger charge is 2.28. The van der Waals surface area contributed by atoms with Crippen LogP contribution >= 0.6 is 11.3 Å². The fraction of sp³-hybridized carbons (Fsp3) is 0.778. The van der Waals surface area contributed by atoms with E-state index < -0.39 is 0 Å². The Balaban J connectivity index is 1.38. The molecule has 1 saturated heterocycles. The van der Waals surface area contributed by atoms with E-state index in [1.54, 1.807) is 11.3 Å². The largest absolute Gasteiger partial charge is 0.387 e. The van der Waals surface area contributed by atoms with Crippen molar-refractivity contribution in [2.75, 3.05) is 19.6 Å². The molecule has 0 amide bonds. The van der Waals surface area contributed by atoms with E-state index in [0.717, 1.165) is 17.5 Å². The molecule has 1 saturated carbocycles. The number of nitrogens with one attached hydrogen (secondary N) is 1. The number of aliphatic hydroxyl groups is 1. The van der Waals surface area contributed by atoms with E-state index in [1.807, 2.05) is 16.8 Å². The van der Waals surface area contributed by atoms with Crippen molar-refractivity contribution in [3.8, 4) is 0 Å². The maximum atomic E-state index is 10.2. The lowest BCUT2D eigenvalue weighted by Gasteiger charge is -2.41. The zero-order valence-corrected chi connectivity index (χ0v) is 14.5. The lowest BCUT2D eigenvalue weighted by molar-refractivity contribution is 0.0950. The van der Waals surface area contributed by atoms with Gasteiger partial charge >= 0.3 is 0 Å². The summed E-state index contributed by atoms with van der Waals surface area (Å²) in [5.41, 5.74) is 1.05. The van der Waals surface area contributed by atoms with E-state index in [1.165, 1.54) is 51.6 Å². The van der Waals surface area contributed by atoms with Gasteiger partial charge in [-0.25, -0.2) is 0 Å². The molecule has 2 fully saturated rings. The molecule has 3 nitrogen and oxygen atoms in total. The van der Waals surface area contributed by atoms with Crippen LogP contribution in [-0.2, 0) is 0 Å².